The van der Waals surface area contributed by atoms with Gasteiger partial charge in [-0.25, -0.2) is 14.6 Å². The molecule has 3 N–H and O–H groups in total. The van der Waals surface area contributed by atoms with E-state index in [1.54, 1.807) is 16.2 Å². The van der Waals surface area contributed by atoms with Crippen molar-refractivity contribution >= 4 is 33.5 Å². The molecule has 0 saturated carbocycles. The van der Waals surface area contributed by atoms with Crippen LogP contribution in [0.4, 0.5) is 31.1 Å². The van der Waals surface area contributed by atoms with E-state index in [1.165, 1.54) is 11.1 Å². The van der Waals surface area contributed by atoms with Gasteiger partial charge in [0, 0.05) is 37.4 Å². The standard InChI is InChI=1S/C31H37N7O3S.C3F6O4S/c1-36-26(4-2-3-12-32)20-38(35-36)25-8-9-27(29(19-25)41-17-15-37-14-13-33-31(37)39)30-34-24(21-42-30)7-5-22-6-10-28-23(18-22)11-16-40-28;4-2(5,6)1(10)13-14(11,12)3(7,8)9/h6,8-10,18-21H,2-5,7,11-17,32H2,1H3;/p+1. The van der Waals surface area contributed by atoms with Crippen LogP contribution in [0.15, 0.2) is 48.0 Å². The summed E-state index contributed by atoms with van der Waals surface area (Å²) >= 11 is 1.63. The van der Waals surface area contributed by atoms with E-state index in [4.69, 9.17) is 25.4 Å². The fourth-order valence-electron chi connectivity index (χ4n) is 5.60. The molecule has 2 aromatic heterocycles. The molecule has 22 heteroatoms. The summed E-state index contributed by atoms with van der Waals surface area (Å²) in [7, 11) is -4.58. The van der Waals surface area contributed by atoms with E-state index in [1.807, 2.05) is 22.5 Å². The first-order valence-electron chi connectivity index (χ1n) is 17.2. The van der Waals surface area contributed by atoms with Gasteiger partial charge in [0.2, 0.25) is 0 Å². The van der Waals surface area contributed by atoms with Gasteiger partial charge in [-0.2, -0.15) is 34.8 Å². The number of alkyl halides is 6. The molecule has 0 unspecified atom stereocenters. The highest BCUT2D eigenvalue weighted by atomic mass is 32.2. The van der Waals surface area contributed by atoms with Crippen LogP contribution in [0.25, 0.3) is 16.3 Å². The van der Waals surface area contributed by atoms with Gasteiger partial charge < -0.3 is 29.6 Å². The van der Waals surface area contributed by atoms with Gasteiger partial charge in [0.25, 0.3) is 0 Å². The molecule has 2 aliphatic rings. The molecule has 4 heterocycles. The summed E-state index contributed by atoms with van der Waals surface area (Å²) in [6.07, 6.45) is 1.98. The number of carbonyl (C=O) groups excluding carboxylic acids is 2. The van der Waals surface area contributed by atoms with Gasteiger partial charge in [-0.3, -0.25) is 0 Å². The average Bonchev–Trinajstić information content (AvgIpc) is 3.95. The van der Waals surface area contributed by atoms with Crippen LogP contribution in [0.3, 0.4) is 0 Å². The second kappa shape index (κ2) is 17.9. The van der Waals surface area contributed by atoms with Crippen LogP contribution in [-0.2, 0) is 51.8 Å². The van der Waals surface area contributed by atoms with Gasteiger partial charge in [-0.1, -0.05) is 12.1 Å². The smallest absolute Gasteiger partial charge is 0.493 e. The van der Waals surface area contributed by atoms with Crippen molar-refractivity contribution < 1.29 is 62.7 Å². The normalized spacial score (nSPS) is 14.1. The number of unbranched alkanes of at least 4 members (excludes halogenated alkanes) is 1. The lowest BCUT2D eigenvalue weighted by molar-refractivity contribution is -0.661. The van der Waals surface area contributed by atoms with Crippen LogP contribution in [-0.4, -0.2) is 91.3 Å². The first kappa shape index (κ1) is 42.2. The van der Waals surface area contributed by atoms with E-state index < -0.39 is 27.8 Å². The molecule has 4 aromatic rings. The van der Waals surface area contributed by atoms with Crippen molar-refractivity contribution in [3.63, 3.8) is 0 Å². The molecule has 0 bridgehead atoms. The minimum absolute atomic E-state index is 0.0424. The summed E-state index contributed by atoms with van der Waals surface area (Å²) in [5.41, 5.74) is 6.28. The number of nitrogens with two attached hydrogens (primary N) is 1. The molecule has 1 fully saturated rings. The maximum atomic E-state index is 12.0. The number of nitrogens with one attached hydrogen (secondary N) is 1. The lowest BCUT2D eigenvalue weighted by Gasteiger charge is -2.16. The minimum Gasteiger partial charge on any atom is -0.493 e. The highest BCUT2D eigenvalue weighted by Crippen LogP contribution is 2.34. The first-order valence-corrected chi connectivity index (χ1v) is 19.5. The van der Waals surface area contributed by atoms with E-state index in [2.05, 4.69) is 51.4 Å². The van der Waals surface area contributed by atoms with E-state index in [9.17, 15) is 44.3 Å². The number of fused-ring (bicyclic) bond motifs is 1. The zero-order valence-electron chi connectivity index (χ0n) is 29.9. The molecule has 2 aliphatic heterocycles. The van der Waals surface area contributed by atoms with E-state index in [0.717, 1.165) is 84.3 Å². The monoisotopic (exact) mass is 834 g/mol. The van der Waals surface area contributed by atoms with Crippen LogP contribution in [0, 0.1) is 0 Å². The Hall–Kier alpha value is -4.96. The quantitative estimate of drug-likeness (QED) is 0.0618. The topological polar surface area (TPSA) is 172 Å². The summed E-state index contributed by atoms with van der Waals surface area (Å²) in [6, 6.07) is 12.6. The molecule has 0 aliphatic carbocycles. The number of thiazole rings is 1. The number of aromatic nitrogens is 4. The Kier molecular flexibility index (Phi) is 13.5. The summed E-state index contributed by atoms with van der Waals surface area (Å²) in [5.74, 6) is -1.70. The second-order valence-corrected chi connectivity index (χ2v) is 14.9. The number of ether oxygens (including phenoxy) is 2. The van der Waals surface area contributed by atoms with Crippen molar-refractivity contribution in [1.29, 1.82) is 0 Å². The summed E-state index contributed by atoms with van der Waals surface area (Å²) < 4.78 is 106. The molecule has 0 atom stereocenters. The summed E-state index contributed by atoms with van der Waals surface area (Å²) in [6.45, 7) is 3.75. The Labute approximate surface area is 321 Å². The lowest BCUT2D eigenvalue weighted by Crippen LogP contribution is -2.34. The Balaban J connectivity index is 0.000000367. The number of halogens is 6. The Morgan fingerprint density at radius 3 is 2.57 bits per heavy atom. The number of urea groups is 1. The molecular formula is C34H38F6N7O7S2+. The van der Waals surface area contributed by atoms with Crippen LogP contribution >= 0.6 is 11.3 Å². The van der Waals surface area contributed by atoms with Gasteiger partial charge >= 0.3 is 33.8 Å². The zero-order chi connectivity index (χ0) is 40.7. The third-order valence-electron chi connectivity index (χ3n) is 8.50. The molecule has 304 valence electrons. The summed E-state index contributed by atoms with van der Waals surface area (Å²) in [4.78, 5) is 28.5. The molecule has 56 heavy (non-hydrogen) atoms. The van der Waals surface area contributed by atoms with Crippen molar-refractivity contribution in [2.45, 2.75) is 50.2 Å². The molecule has 0 radical (unpaired) electrons. The molecule has 2 amide bonds. The van der Waals surface area contributed by atoms with Crippen LogP contribution in [0.2, 0.25) is 0 Å². The van der Waals surface area contributed by atoms with Crippen molar-refractivity contribution in [1.82, 2.24) is 25.1 Å². The fourth-order valence-corrected chi connectivity index (χ4v) is 6.87. The Morgan fingerprint density at radius 2 is 1.88 bits per heavy atom. The number of rotatable bonds is 14. The van der Waals surface area contributed by atoms with Gasteiger partial charge in [0.1, 0.15) is 30.2 Å². The van der Waals surface area contributed by atoms with Gasteiger partial charge in [-0.05, 0) is 61.6 Å². The fraction of sp³-hybridized carbons (Fsp3) is 0.441. The zero-order valence-corrected chi connectivity index (χ0v) is 31.5. The SMILES string of the molecule is Cn1n[n+](-c2ccc(-c3nc(CCc4ccc5c(c4)CCO5)cs3)c(OCCN3CCNC3=O)c2)cc1CCCCN.O=C(OS(=O)(=O)C(F)(F)F)C(F)(F)F. The molecule has 1 saturated heterocycles. The van der Waals surface area contributed by atoms with Gasteiger partial charge in [0.05, 0.1) is 29.6 Å². The number of amides is 2. The minimum atomic E-state index is -6.55. The number of benzene rings is 2. The molecule has 0 spiro atoms. The van der Waals surface area contributed by atoms with E-state index in [0.29, 0.717) is 32.8 Å². The van der Waals surface area contributed by atoms with Crippen molar-refractivity contribution in [2.24, 2.45) is 12.8 Å². The highest BCUT2D eigenvalue weighted by Gasteiger charge is 2.54. The number of aryl methyl sites for hydroxylation is 4. The summed E-state index contributed by atoms with van der Waals surface area (Å²) in [5, 5.41) is 10.6. The maximum absolute atomic E-state index is 12.0. The number of carbonyl (C=O) groups is 2. The average molecular weight is 835 g/mol. The van der Waals surface area contributed by atoms with Crippen molar-refractivity contribution in [2.75, 3.05) is 39.4 Å². The van der Waals surface area contributed by atoms with Gasteiger partial charge in [-0.15, -0.1) is 20.7 Å². The first-order chi connectivity index (χ1) is 26.4. The lowest BCUT2D eigenvalue weighted by atomic mass is 10.0. The van der Waals surface area contributed by atoms with E-state index >= 15 is 0 Å². The number of hydrogen-bond donors (Lipinski definition) is 2. The maximum Gasteiger partial charge on any atom is 0.534 e. The van der Waals surface area contributed by atoms with Crippen LogP contribution in [0.5, 0.6) is 11.5 Å². The Morgan fingerprint density at radius 1 is 1.09 bits per heavy atom. The third-order valence-corrected chi connectivity index (χ3v) is 10.4. The highest BCUT2D eigenvalue weighted by molar-refractivity contribution is 7.88. The molecule has 6 rings (SSSR count). The van der Waals surface area contributed by atoms with Crippen molar-refractivity contribution in [3.05, 3.63) is 70.5 Å². The van der Waals surface area contributed by atoms with E-state index in [-0.39, 0.29) is 6.03 Å². The molecule has 14 nitrogen and oxygen atoms in total. The second-order valence-electron chi connectivity index (χ2n) is 12.5. The Bertz CT molecular complexity index is 2120. The number of nitrogens with zero attached hydrogens (tertiary/aromatic N) is 5. The molecular weight excluding hydrogens is 797 g/mol. The third kappa shape index (κ3) is 10.9. The number of hydrogen-bond acceptors (Lipinski definition) is 11. The molecule has 2 aromatic carbocycles. The van der Waals surface area contributed by atoms with Gasteiger partial charge in [0.15, 0.2) is 17.6 Å². The van der Waals surface area contributed by atoms with Crippen LogP contribution < -0.4 is 25.2 Å². The van der Waals surface area contributed by atoms with Crippen molar-refractivity contribution in [3.8, 4) is 27.8 Å². The largest absolute Gasteiger partial charge is 0.534 e. The predicted molar refractivity (Wildman–Crippen MR) is 188 cm³/mol. The van der Waals surface area contributed by atoms with Crippen LogP contribution in [0.1, 0.15) is 35.4 Å². The predicted octanol–water partition coefficient (Wildman–Crippen LogP) is 4.17.